The highest BCUT2D eigenvalue weighted by atomic mass is 32.2. The van der Waals surface area contributed by atoms with Crippen LogP contribution in [0.2, 0.25) is 0 Å². The highest BCUT2D eigenvalue weighted by molar-refractivity contribution is 8.01. The Morgan fingerprint density at radius 3 is 2.64 bits per heavy atom. The van der Waals surface area contributed by atoms with E-state index in [0.717, 1.165) is 37.1 Å². The van der Waals surface area contributed by atoms with Crippen molar-refractivity contribution in [1.82, 2.24) is 20.8 Å². The second-order valence-electron chi connectivity index (χ2n) is 6.37. The number of nitrogens with zero attached hydrogens (tertiary/aromatic N) is 2. The standard InChI is InChI=1S/C18H23N5O3S2/c1-26-14-9-7-13(8-10-14)20-17-22-23-18(28-17)27-11-15(24)21-16(25)19-12-5-3-2-4-6-12/h7-10,12H,2-6,11H2,1H3,(H,20,22)(H2,19,21,24,25). The molecule has 0 spiro atoms. The molecule has 1 saturated carbocycles. The van der Waals surface area contributed by atoms with Gasteiger partial charge in [-0.05, 0) is 37.1 Å². The van der Waals surface area contributed by atoms with Crippen molar-refractivity contribution in [2.45, 2.75) is 42.5 Å². The van der Waals surface area contributed by atoms with Gasteiger partial charge in [0.1, 0.15) is 5.75 Å². The molecule has 3 rings (SSSR count). The average molecular weight is 422 g/mol. The molecule has 0 radical (unpaired) electrons. The number of carbonyl (C=O) groups excluding carboxylic acids is 2. The van der Waals surface area contributed by atoms with Gasteiger partial charge in [-0.15, -0.1) is 10.2 Å². The van der Waals surface area contributed by atoms with Crippen LogP contribution in [-0.2, 0) is 4.79 Å². The Balaban J connectivity index is 1.40. The second-order valence-corrected chi connectivity index (χ2v) is 8.57. The molecule has 28 heavy (non-hydrogen) atoms. The smallest absolute Gasteiger partial charge is 0.321 e. The number of methoxy groups -OCH3 is 1. The summed E-state index contributed by atoms with van der Waals surface area (Å²) in [4.78, 5) is 23.9. The van der Waals surface area contributed by atoms with Crippen molar-refractivity contribution in [2.24, 2.45) is 0 Å². The van der Waals surface area contributed by atoms with Crippen LogP contribution in [0.25, 0.3) is 0 Å². The van der Waals surface area contributed by atoms with E-state index in [4.69, 9.17) is 4.74 Å². The molecule has 1 aromatic carbocycles. The summed E-state index contributed by atoms with van der Waals surface area (Å²) in [6.07, 6.45) is 5.42. The zero-order valence-electron chi connectivity index (χ0n) is 15.6. The predicted octanol–water partition coefficient (Wildman–Crippen LogP) is 3.54. The van der Waals surface area contributed by atoms with Crippen LogP contribution in [0.5, 0.6) is 5.75 Å². The first-order valence-corrected chi connectivity index (χ1v) is 10.9. The number of ether oxygens (including phenoxy) is 1. The highest BCUT2D eigenvalue weighted by Crippen LogP contribution is 2.28. The number of thioether (sulfide) groups is 1. The topological polar surface area (TPSA) is 105 Å². The third-order valence-corrected chi connectivity index (χ3v) is 6.24. The molecular weight excluding hydrogens is 398 g/mol. The molecule has 2 aromatic rings. The summed E-state index contributed by atoms with van der Waals surface area (Å²) in [6, 6.07) is 7.21. The summed E-state index contributed by atoms with van der Waals surface area (Å²) >= 11 is 2.59. The number of rotatable bonds is 7. The lowest BCUT2D eigenvalue weighted by molar-refractivity contribution is -0.117. The van der Waals surface area contributed by atoms with Crippen LogP contribution in [0.15, 0.2) is 28.6 Å². The van der Waals surface area contributed by atoms with Gasteiger partial charge in [0, 0.05) is 11.7 Å². The zero-order chi connectivity index (χ0) is 19.8. The number of anilines is 2. The molecule has 0 atom stereocenters. The number of urea groups is 1. The summed E-state index contributed by atoms with van der Waals surface area (Å²) in [5.74, 6) is 0.533. The van der Waals surface area contributed by atoms with Crippen LogP contribution in [0.3, 0.4) is 0 Å². The van der Waals surface area contributed by atoms with Crippen molar-refractivity contribution < 1.29 is 14.3 Å². The first-order valence-electron chi connectivity index (χ1n) is 9.10. The van der Waals surface area contributed by atoms with Gasteiger partial charge in [-0.2, -0.15) is 0 Å². The lowest BCUT2D eigenvalue weighted by Crippen LogP contribution is -2.45. The van der Waals surface area contributed by atoms with E-state index >= 15 is 0 Å². The summed E-state index contributed by atoms with van der Waals surface area (Å²) < 4.78 is 5.78. The minimum Gasteiger partial charge on any atom is -0.497 e. The number of benzene rings is 1. The summed E-state index contributed by atoms with van der Waals surface area (Å²) in [5, 5.41) is 17.1. The van der Waals surface area contributed by atoms with E-state index in [1.165, 1.54) is 29.5 Å². The third kappa shape index (κ3) is 6.38. The minimum absolute atomic E-state index is 0.106. The normalized spacial score (nSPS) is 14.3. The maximum atomic E-state index is 12.0. The average Bonchev–Trinajstić information content (AvgIpc) is 3.15. The van der Waals surface area contributed by atoms with Crippen LogP contribution < -0.4 is 20.7 Å². The number of hydrogen-bond donors (Lipinski definition) is 3. The van der Waals surface area contributed by atoms with Crippen molar-refractivity contribution in [3.63, 3.8) is 0 Å². The molecule has 3 N–H and O–H groups in total. The van der Waals surface area contributed by atoms with Gasteiger partial charge in [0.05, 0.1) is 12.9 Å². The van der Waals surface area contributed by atoms with Gasteiger partial charge in [-0.3, -0.25) is 10.1 Å². The number of amides is 3. The second kappa shape index (κ2) is 10.3. The Morgan fingerprint density at radius 2 is 1.93 bits per heavy atom. The number of nitrogens with one attached hydrogen (secondary N) is 3. The summed E-state index contributed by atoms with van der Waals surface area (Å²) in [6.45, 7) is 0. The van der Waals surface area contributed by atoms with Crippen molar-refractivity contribution in [1.29, 1.82) is 0 Å². The van der Waals surface area contributed by atoms with Crippen molar-refractivity contribution in [3.05, 3.63) is 24.3 Å². The van der Waals surface area contributed by atoms with Crippen LogP contribution in [0.1, 0.15) is 32.1 Å². The molecule has 1 aromatic heterocycles. The van der Waals surface area contributed by atoms with E-state index in [0.29, 0.717) is 9.47 Å². The molecule has 1 fully saturated rings. The van der Waals surface area contributed by atoms with Crippen molar-refractivity contribution >= 4 is 45.9 Å². The molecule has 1 aliphatic rings. The molecular formula is C18H23N5O3S2. The highest BCUT2D eigenvalue weighted by Gasteiger charge is 2.17. The lowest BCUT2D eigenvalue weighted by Gasteiger charge is -2.22. The SMILES string of the molecule is COc1ccc(Nc2nnc(SCC(=O)NC(=O)NC3CCCCC3)s2)cc1. The molecule has 3 amide bonds. The van der Waals surface area contributed by atoms with E-state index in [1.807, 2.05) is 24.3 Å². The van der Waals surface area contributed by atoms with Crippen molar-refractivity contribution in [3.8, 4) is 5.75 Å². The van der Waals surface area contributed by atoms with E-state index in [2.05, 4.69) is 26.1 Å². The molecule has 1 heterocycles. The zero-order valence-corrected chi connectivity index (χ0v) is 17.2. The first-order chi connectivity index (χ1) is 13.6. The molecule has 0 aliphatic heterocycles. The predicted molar refractivity (Wildman–Crippen MR) is 110 cm³/mol. The molecule has 0 saturated heterocycles. The number of carbonyl (C=O) groups is 2. The molecule has 1 aliphatic carbocycles. The van der Waals surface area contributed by atoms with Crippen molar-refractivity contribution in [2.75, 3.05) is 18.2 Å². The van der Waals surface area contributed by atoms with Gasteiger partial charge >= 0.3 is 6.03 Å². The van der Waals surface area contributed by atoms with Crippen LogP contribution >= 0.6 is 23.1 Å². The van der Waals surface area contributed by atoms with E-state index in [-0.39, 0.29) is 17.7 Å². The van der Waals surface area contributed by atoms with Gasteiger partial charge in [0.2, 0.25) is 11.0 Å². The van der Waals surface area contributed by atoms with E-state index in [9.17, 15) is 9.59 Å². The van der Waals surface area contributed by atoms with Crippen LogP contribution in [-0.4, -0.2) is 41.0 Å². The van der Waals surface area contributed by atoms with Gasteiger partial charge in [0.15, 0.2) is 4.34 Å². The number of hydrogen-bond acceptors (Lipinski definition) is 8. The largest absolute Gasteiger partial charge is 0.497 e. The lowest BCUT2D eigenvalue weighted by atomic mass is 9.96. The first kappa shape index (κ1) is 20.4. The number of aromatic nitrogens is 2. The maximum Gasteiger partial charge on any atom is 0.321 e. The fourth-order valence-electron chi connectivity index (χ4n) is 2.87. The molecule has 0 bridgehead atoms. The molecule has 0 unspecified atom stereocenters. The van der Waals surface area contributed by atoms with Crippen LogP contribution in [0.4, 0.5) is 15.6 Å². The molecule has 8 nitrogen and oxygen atoms in total. The maximum absolute atomic E-state index is 12.0. The van der Waals surface area contributed by atoms with E-state index in [1.54, 1.807) is 7.11 Å². The van der Waals surface area contributed by atoms with Crippen LogP contribution in [0, 0.1) is 0 Å². The Hall–Kier alpha value is -2.33. The fourth-order valence-corrected chi connectivity index (χ4v) is 4.45. The summed E-state index contributed by atoms with van der Waals surface area (Å²) in [7, 11) is 1.62. The fraction of sp³-hybridized carbons (Fsp3) is 0.444. The van der Waals surface area contributed by atoms with Gasteiger partial charge < -0.3 is 15.4 Å². The Bertz CT molecular complexity index is 791. The van der Waals surface area contributed by atoms with Gasteiger partial charge in [-0.25, -0.2) is 4.79 Å². The monoisotopic (exact) mass is 421 g/mol. The van der Waals surface area contributed by atoms with Gasteiger partial charge in [0.25, 0.3) is 0 Å². The third-order valence-electron chi connectivity index (χ3n) is 4.27. The quantitative estimate of drug-likeness (QED) is 0.587. The Labute approximate surface area is 171 Å². The molecule has 10 heteroatoms. The number of imide groups is 1. The van der Waals surface area contributed by atoms with E-state index < -0.39 is 6.03 Å². The van der Waals surface area contributed by atoms with Gasteiger partial charge in [-0.1, -0.05) is 42.4 Å². The molecule has 150 valence electrons. The Morgan fingerprint density at radius 1 is 1.18 bits per heavy atom. The summed E-state index contributed by atoms with van der Waals surface area (Å²) in [5.41, 5.74) is 0.866. The minimum atomic E-state index is -0.420. The Kier molecular flexibility index (Phi) is 7.49.